The topological polar surface area (TPSA) is 53.4 Å². The first-order chi connectivity index (χ1) is 9.52. The number of anilines is 1. The van der Waals surface area contributed by atoms with Crippen molar-refractivity contribution in [1.82, 2.24) is 4.98 Å². The Balaban J connectivity index is 2.36. The van der Waals surface area contributed by atoms with Gasteiger partial charge in [0.15, 0.2) is 0 Å². The van der Waals surface area contributed by atoms with Crippen LogP contribution in [0.3, 0.4) is 0 Å². The number of aryl methyl sites for hydroxylation is 1. The number of nitrogens with zero attached hydrogens (tertiary/aromatic N) is 2. The minimum Gasteiger partial charge on any atom is -0.478 e. The Morgan fingerprint density at radius 1 is 1.50 bits per heavy atom. The molecule has 0 saturated carbocycles. The molecule has 0 aliphatic carbocycles. The summed E-state index contributed by atoms with van der Waals surface area (Å²) in [5.41, 5.74) is 1.09. The summed E-state index contributed by atoms with van der Waals surface area (Å²) in [4.78, 5) is 19.0. The Bertz CT molecular complexity index is 596. The maximum Gasteiger partial charge on any atom is 0.335 e. The quantitative estimate of drug-likeness (QED) is 0.914. The highest BCUT2D eigenvalue weighted by Crippen LogP contribution is 2.27. The molecule has 0 saturated heterocycles. The van der Waals surface area contributed by atoms with E-state index in [0.29, 0.717) is 5.82 Å². The smallest absolute Gasteiger partial charge is 0.335 e. The van der Waals surface area contributed by atoms with Gasteiger partial charge in [-0.3, -0.25) is 0 Å². The molecular formula is C15H18N2O2S. The Morgan fingerprint density at radius 2 is 2.25 bits per heavy atom. The standard InChI is InChI=1S/C15H18N2O2S/c1-4-12-8-11(15(18)19)9-14(16-12)17(3)10(2)13-6-5-7-20-13/h5-10H,4H2,1-3H3,(H,18,19). The van der Waals surface area contributed by atoms with Crippen LogP contribution in [0.15, 0.2) is 29.6 Å². The number of carboxylic acid groups (broad SMARTS) is 1. The molecule has 20 heavy (non-hydrogen) atoms. The van der Waals surface area contributed by atoms with Crippen molar-refractivity contribution in [3.8, 4) is 0 Å². The van der Waals surface area contributed by atoms with Crippen molar-refractivity contribution in [1.29, 1.82) is 0 Å². The van der Waals surface area contributed by atoms with E-state index in [1.807, 2.05) is 30.3 Å². The van der Waals surface area contributed by atoms with Crippen molar-refractivity contribution in [3.05, 3.63) is 45.8 Å². The summed E-state index contributed by atoms with van der Waals surface area (Å²) in [5.74, 6) is -0.219. The maximum atomic E-state index is 11.2. The molecule has 1 N–H and O–H groups in total. The SMILES string of the molecule is CCc1cc(C(=O)O)cc(N(C)C(C)c2cccs2)n1. The number of pyridine rings is 1. The zero-order valence-corrected chi connectivity index (χ0v) is 12.6. The lowest BCUT2D eigenvalue weighted by Gasteiger charge is -2.25. The molecule has 106 valence electrons. The van der Waals surface area contributed by atoms with Crippen LogP contribution in [0.4, 0.5) is 5.82 Å². The number of carbonyl (C=O) groups is 1. The molecule has 2 rings (SSSR count). The van der Waals surface area contributed by atoms with Crippen molar-refractivity contribution in [2.45, 2.75) is 26.3 Å². The van der Waals surface area contributed by atoms with Crippen LogP contribution >= 0.6 is 11.3 Å². The zero-order chi connectivity index (χ0) is 14.7. The number of carboxylic acids is 1. The molecule has 5 heteroatoms. The summed E-state index contributed by atoms with van der Waals surface area (Å²) in [6.45, 7) is 4.06. The van der Waals surface area contributed by atoms with E-state index in [0.717, 1.165) is 12.1 Å². The molecular weight excluding hydrogens is 272 g/mol. The van der Waals surface area contributed by atoms with Crippen LogP contribution < -0.4 is 4.90 Å². The normalized spacial score (nSPS) is 12.2. The molecule has 1 atom stereocenters. The van der Waals surface area contributed by atoms with Crippen LogP contribution in [-0.4, -0.2) is 23.1 Å². The maximum absolute atomic E-state index is 11.2. The van der Waals surface area contributed by atoms with Gasteiger partial charge in [-0.2, -0.15) is 0 Å². The fourth-order valence-electron chi connectivity index (χ4n) is 1.98. The van der Waals surface area contributed by atoms with Crippen LogP contribution in [0.2, 0.25) is 0 Å². The second-order valence-electron chi connectivity index (χ2n) is 4.67. The summed E-state index contributed by atoms with van der Waals surface area (Å²) < 4.78 is 0. The second kappa shape index (κ2) is 6.05. The lowest BCUT2D eigenvalue weighted by Crippen LogP contribution is -2.22. The first-order valence-electron chi connectivity index (χ1n) is 6.53. The largest absolute Gasteiger partial charge is 0.478 e. The number of aromatic carboxylic acids is 1. The highest BCUT2D eigenvalue weighted by Gasteiger charge is 2.17. The van der Waals surface area contributed by atoms with E-state index in [9.17, 15) is 9.90 Å². The summed E-state index contributed by atoms with van der Waals surface area (Å²) in [5, 5.41) is 11.2. The van der Waals surface area contributed by atoms with Gasteiger partial charge < -0.3 is 10.0 Å². The molecule has 0 spiro atoms. The van der Waals surface area contributed by atoms with Gasteiger partial charge in [-0.15, -0.1) is 11.3 Å². The van der Waals surface area contributed by atoms with E-state index in [1.165, 1.54) is 4.88 Å². The van der Waals surface area contributed by atoms with E-state index < -0.39 is 5.97 Å². The molecule has 0 amide bonds. The molecule has 2 aromatic rings. The monoisotopic (exact) mass is 290 g/mol. The Hall–Kier alpha value is -1.88. The van der Waals surface area contributed by atoms with Crippen molar-refractivity contribution in [2.75, 3.05) is 11.9 Å². The molecule has 2 aromatic heterocycles. The van der Waals surface area contributed by atoms with Crippen LogP contribution in [0, 0.1) is 0 Å². The molecule has 0 aliphatic heterocycles. The highest BCUT2D eigenvalue weighted by atomic mass is 32.1. The first-order valence-corrected chi connectivity index (χ1v) is 7.41. The van der Waals surface area contributed by atoms with Crippen LogP contribution in [-0.2, 0) is 6.42 Å². The van der Waals surface area contributed by atoms with Gasteiger partial charge in [0.05, 0.1) is 11.6 Å². The molecule has 1 unspecified atom stereocenters. The predicted molar refractivity (Wildman–Crippen MR) is 81.7 cm³/mol. The summed E-state index contributed by atoms with van der Waals surface area (Å²) in [6, 6.07) is 7.52. The van der Waals surface area contributed by atoms with Crippen LogP contribution in [0.25, 0.3) is 0 Å². The third kappa shape index (κ3) is 2.99. The number of aromatic nitrogens is 1. The van der Waals surface area contributed by atoms with Crippen molar-refractivity contribution in [3.63, 3.8) is 0 Å². The van der Waals surface area contributed by atoms with Gasteiger partial charge in [0.2, 0.25) is 0 Å². The van der Waals surface area contributed by atoms with E-state index in [2.05, 4.69) is 18.0 Å². The Labute approximate surface area is 122 Å². The van der Waals surface area contributed by atoms with E-state index in [4.69, 9.17) is 0 Å². The van der Waals surface area contributed by atoms with Crippen LogP contribution in [0.5, 0.6) is 0 Å². The summed E-state index contributed by atoms with van der Waals surface area (Å²) >= 11 is 1.69. The van der Waals surface area contributed by atoms with Gasteiger partial charge in [-0.05, 0) is 36.9 Å². The van der Waals surface area contributed by atoms with Crippen molar-refractivity contribution in [2.24, 2.45) is 0 Å². The third-order valence-corrected chi connectivity index (χ3v) is 4.41. The molecule has 0 aliphatic rings. The summed E-state index contributed by atoms with van der Waals surface area (Å²) in [6.07, 6.45) is 0.718. The predicted octanol–water partition coefficient (Wildman–Crippen LogP) is 3.60. The number of rotatable bonds is 5. The molecule has 0 fully saturated rings. The fourth-order valence-corrected chi connectivity index (χ4v) is 2.80. The Morgan fingerprint density at radius 3 is 2.80 bits per heavy atom. The minimum atomic E-state index is -0.916. The van der Waals surface area contributed by atoms with Gasteiger partial charge in [0.25, 0.3) is 0 Å². The fraction of sp³-hybridized carbons (Fsp3) is 0.333. The van der Waals surface area contributed by atoms with Crippen LogP contribution in [0.1, 0.15) is 40.8 Å². The minimum absolute atomic E-state index is 0.163. The zero-order valence-electron chi connectivity index (χ0n) is 11.8. The van der Waals surface area contributed by atoms with E-state index >= 15 is 0 Å². The second-order valence-corrected chi connectivity index (χ2v) is 5.65. The van der Waals surface area contributed by atoms with Gasteiger partial charge in [0.1, 0.15) is 5.82 Å². The van der Waals surface area contributed by atoms with Gasteiger partial charge in [0, 0.05) is 17.6 Å². The van der Waals surface area contributed by atoms with Crippen molar-refractivity contribution >= 4 is 23.1 Å². The van der Waals surface area contributed by atoms with Gasteiger partial charge in [-0.25, -0.2) is 9.78 Å². The highest BCUT2D eigenvalue weighted by molar-refractivity contribution is 7.10. The van der Waals surface area contributed by atoms with E-state index in [1.54, 1.807) is 23.5 Å². The Kier molecular flexibility index (Phi) is 4.39. The number of hydrogen-bond donors (Lipinski definition) is 1. The number of hydrogen-bond acceptors (Lipinski definition) is 4. The van der Waals surface area contributed by atoms with Gasteiger partial charge >= 0.3 is 5.97 Å². The molecule has 0 radical (unpaired) electrons. The lowest BCUT2D eigenvalue weighted by atomic mass is 10.1. The average Bonchev–Trinajstić information content (AvgIpc) is 2.99. The number of thiophene rings is 1. The molecule has 2 heterocycles. The average molecular weight is 290 g/mol. The summed E-state index contributed by atoms with van der Waals surface area (Å²) in [7, 11) is 1.94. The lowest BCUT2D eigenvalue weighted by molar-refractivity contribution is 0.0696. The molecule has 4 nitrogen and oxygen atoms in total. The van der Waals surface area contributed by atoms with Crippen molar-refractivity contribution < 1.29 is 9.90 Å². The first kappa shape index (κ1) is 14.5. The molecule has 0 aromatic carbocycles. The van der Waals surface area contributed by atoms with Gasteiger partial charge in [-0.1, -0.05) is 13.0 Å². The third-order valence-electron chi connectivity index (χ3n) is 3.37. The van der Waals surface area contributed by atoms with E-state index in [-0.39, 0.29) is 11.6 Å². The molecule has 0 bridgehead atoms.